The van der Waals surface area contributed by atoms with Gasteiger partial charge in [-0.15, -0.1) is 0 Å². The van der Waals surface area contributed by atoms with E-state index >= 15 is 0 Å². The van der Waals surface area contributed by atoms with Crippen molar-refractivity contribution in [2.75, 3.05) is 80.1 Å². The number of halogens is 2. The molecule has 0 radical (unpaired) electrons. The monoisotopic (exact) mass is 662 g/mol. The van der Waals surface area contributed by atoms with Crippen molar-refractivity contribution in [3.8, 4) is 5.75 Å². The molecule has 0 unspecified atom stereocenters. The topological polar surface area (TPSA) is 98.3 Å². The van der Waals surface area contributed by atoms with Gasteiger partial charge in [0.2, 0.25) is 5.91 Å². The first kappa shape index (κ1) is 33.6. The Balaban J connectivity index is 1.19. The van der Waals surface area contributed by atoms with Crippen LogP contribution < -0.4 is 25.3 Å². The molecule has 4 heterocycles. The Labute approximate surface area is 280 Å². The number of methoxy groups -OCH3 is 1. The highest BCUT2D eigenvalue weighted by atomic mass is 19.2. The summed E-state index contributed by atoms with van der Waals surface area (Å²) in [6.07, 6.45) is 6.50. The Morgan fingerprint density at radius 1 is 1.02 bits per heavy atom. The molecule has 1 atom stereocenters. The molecular formula is C35H44F2N8O3. The fourth-order valence-electron chi connectivity index (χ4n) is 6.91. The number of ether oxygens (including phenoxy) is 1. The van der Waals surface area contributed by atoms with Crippen LogP contribution in [0.3, 0.4) is 0 Å². The molecule has 0 bridgehead atoms. The average Bonchev–Trinajstić information content (AvgIpc) is 3.61. The number of hydroxylamine groups is 1. The van der Waals surface area contributed by atoms with Crippen LogP contribution in [-0.4, -0.2) is 91.2 Å². The second-order valence-electron chi connectivity index (χ2n) is 12.4. The molecule has 3 saturated heterocycles. The molecule has 1 amide bonds. The van der Waals surface area contributed by atoms with E-state index in [0.29, 0.717) is 53.4 Å². The zero-order valence-electron chi connectivity index (χ0n) is 27.6. The van der Waals surface area contributed by atoms with Gasteiger partial charge in [0.05, 0.1) is 36.8 Å². The lowest BCUT2D eigenvalue weighted by Crippen LogP contribution is -2.53. The van der Waals surface area contributed by atoms with Gasteiger partial charge in [-0.25, -0.2) is 23.8 Å². The lowest BCUT2D eigenvalue weighted by molar-refractivity contribution is -0.111. The molecule has 0 spiro atoms. The summed E-state index contributed by atoms with van der Waals surface area (Å²) in [6, 6.07) is 9.53. The molecule has 3 aromatic rings. The minimum atomic E-state index is -0.912. The van der Waals surface area contributed by atoms with Crippen LogP contribution >= 0.6 is 0 Å². The number of hydrogen-bond donors (Lipinski definition) is 2. The Morgan fingerprint density at radius 3 is 2.52 bits per heavy atom. The average molecular weight is 663 g/mol. The first-order valence-electron chi connectivity index (χ1n) is 16.7. The normalized spacial score (nSPS) is 19.4. The van der Waals surface area contributed by atoms with Gasteiger partial charge in [-0.2, -0.15) is 0 Å². The molecule has 0 saturated carbocycles. The fraction of sp³-hybridized carbons (Fsp3) is 0.457. The van der Waals surface area contributed by atoms with E-state index in [9.17, 15) is 13.6 Å². The number of piperazine rings is 1. The number of carbonyl (C=O) groups excluding carboxylic acids is 1. The van der Waals surface area contributed by atoms with Crippen LogP contribution in [0.2, 0.25) is 0 Å². The van der Waals surface area contributed by atoms with Crippen LogP contribution in [0.25, 0.3) is 0 Å². The molecule has 48 heavy (non-hydrogen) atoms. The number of amides is 1. The van der Waals surface area contributed by atoms with Crippen molar-refractivity contribution in [2.24, 2.45) is 0 Å². The smallest absolute Gasteiger partial charge is 0.247 e. The third kappa shape index (κ3) is 7.53. The maximum Gasteiger partial charge on any atom is 0.247 e. The summed E-state index contributed by atoms with van der Waals surface area (Å²) in [4.78, 5) is 34.7. The fourth-order valence-corrected chi connectivity index (χ4v) is 6.91. The number of nitrogens with one attached hydrogen (secondary N) is 2. The van der Waals surface area contributed by atoms with Crippen molar-refractivity contribution in [1.82, 2.24) is 19.8 Å². The molecule has 6 rings (SSSR count). The molecule has 0 aliphatic carbocycles. The molecular weight excluding hydrogens is 618 g/mol. The molecule has 2 aromatic carbocycles. The Bertz CT molecular complexity index is 1590. The van der Waals surface area contributed by atoms with Crippen LogP contribution in [0.15, 0.2) is 55.4 Å². The predicted octanol–water partition coefficient (Wildman–Crippen LogP) is 5.51. The van der Waals surface area contributed by atoms with E-state index in [1.165, 1.54) is 31.4 Å². The number of nitrogens with zero attached hydrogens (tertiary/aromatic N) is 6. The molecule has 13 heteroatoms. The first-order chi connectivity index (χ1) is 23.4. The van der Waals surface area contributed by atoms with Gasteiger partial charge in [-0.05, 0) is 55.6 Å². The quantitative estimate of drug-likeness (QED) is 0.256. The van der Waals surface area contributed by atoms with E-state index in [4.69, 9.17) is 9.57 Å². The lowest BCUT2D eigenvalue weighted by atomic mass is 10.0. The van der Waals surface area contributed by atoms with E-state index < -0.39 is 11.6 Å². The lowest BCUT2D eigenvalue weighted by Gasteiger charge is -2.43. The van der Waals surface area contributed by atoms with Gasteiger partial charge in [0.15, 0.2) is 17.5 Å². The van der Waals surface area contributed by atoms with Gasteiger partial charge in [0.1, 0.15) is 17.9 Å². The van der Waals surface area contributed by atoms with Gasteiger partial charge in [-0.3, -0.25) is 14.5 Å². The minimum absolute atomic E-state index is 0.314. The zero-order valence-corrected chi connectivity index (χ0v) is 27.6. The molecule has 3 aliphatic heterocycles. The molecule has 1 aromatic heterocycles. The number of carbonyl (C=O) groups is 1. The van der Waals surface area contributed by atoms with Crippen molar-refractivity contribution >= 4 is 34.6 Å². The third-order valence-corrected chi connectivity index (χ3v) is 9.40. The van der Waals surface area contributed by atoms with Crippen molar-refractivity contribution in [2.45, 2.75) is 44.7 Å². The number of hydrogen-bond acceptors (Lipinski definition) is 10. The van der Waals surface area contributed by atoms with Gasteiger partial charge >= 0.3 is 0 Å². The van der Waals surface area contributed by atoms with E-state index in [-0.39, 0.29) is 11.9 Å². The van der Waals surface area contributed by atoms with Crippen LogP contribution in [0, 0.1) is 11.6 Å². The first-order valence-corrected chi connectivity index (χ1v) is 16.7. The predicted molar refractivity (Wildman–Crippen MR) is 183 cm³/mol. The number of benzene rings is 2. The minimum Gasteiger partial charge on any atom is -0.494 e. The highest BCUT2D eigenvalue weighted by molar-refractivity contribution is 6.02. The van der Waals surface area contributed by atoms with E-state index in [1.807, 2.05) is 12.1 Å². The largest absolute Gasteiger partial charge is 0.494 e. The maximum absolute atomic E-state index is 14.0. The number of rotatable bonds is 11. The van der Waals surface area contributed by atoms with Crippen LogP contribution in [-0.2, 0) is 9.63 Å². The highest BCUT2D eigenvalue weighted by Gasteiger charge is 2.31. The molecule has 2 N–H and O–H groups in total. The third-order valence-electron chi connectivity index (χ3n) is 9.40. The second-order valence-corrected chi connectivity index (χ2v) is 12.4. The summed E-state index contributed by atoms with van der Waals surface area (Å²) in [6.45, 7) is 13.6. The number of anilines is 5. The van der Waals surface area contributed by atoms with Crippen molar-refractivity contribution in [3.63, 3.8) is 0 Å². The summed E-state index contributed by atoms with van der Waals surface area (Å²) < 4.78 is 33.5. The Hall–Kier alpha value is -4.33. The van der Waals surface area contributed by atoms with E-state index in [1.54, 1.807) is 24.3 Å². The summed E-state index contributed by atoms with van der Waals surface area (Å²) in [5, 5.41) is 7.88. The van der Waals surface area contributed by atoms with Crippen molar-refractivity contribution < 1.29 is 23.1 Å². The van der Waals surface area contributed by atoms with Crippen LogP contribution in [0.1, 0.15) is 44.2 Å². The number of aromatic nitrogens is 2. The summed E-state index contributed by atoms with van der Waals surface area (Å²) in [5.74, 6) is -0.651. The van der Waals surface area contributed by atoms with Gasteiger partial charge in [-0.1, -0.05) is 19.6 Å². The van der Waals surface area contributed by atoms with E-state index in [2.05, 4.69) is 48.8 Å². The maximum atomic E-state index is 14.0. The number of piperidine rings is 1. The van der Waals surface area contributed by atoms with E-state index in [0.717, 1.165) is 63.9 Å². The Kier molecular flexibility index (Phi) is 10.7. The summed E-state index contributed by atoms with van der Waals surface area (Å²) in [5.41, 5.74) is 2.68. The molecule has 3 fully saturated rings. The van der Waals surface area contributed by atoms with Crippen LogP contribution in [0.4, 0.5) is 37.5 Å². The summed E-state index contributed by atoms with van der Waals surface area (Å²) >= 11 is 0. The van der Waals surface area contributed by atoms with Gasteiger partial charge < -0.3 is 25.2 Å². The zero-order chi connectivity index (χ0) is 33.6. The van der Waals surface area contributed by atoms with Crippen molar-refractivity contribution in [1.29, 1.82) is 0 Å². The SMILES string of the molecule is C=CC(=O)Nc1cc(Nc2cc(N3OCC[C@@H]3c3ccc(F)c(F)c3)ncn2)c(OC)cc1N1CCC(N2CCN(CCC)CC2)CC1. The molecule has 11 nitrogen and oxygen atoms in total. The second kappa shape index (κ2) is 15.3. The van der Waals surface area contributed by atoms with Crippen molar-refractivity contribution in [3.05, 3.63) is 72.6 Å². The Morgan fingerprint density at radius 2 is 1.81 bits per heavy atom. The molecule has 256 valence electrons. The molecule has 3 aliphatic rings. The van der Waals surface area contributed by atoms with Gasteiger partial charge in [0, 0.05) is 63.9 Å². The standard InChI is InChI=1S/C35H44F2N8O3/c1-4-11-42-14-16-43(17-15-42)25-8-12-44(13-9-25)31-21-32(47-3)29(20-28(31)41-35(46)5-2)40-33-22-34(39-23-38-33)45-30(10-18-48-45)24-6-7-26(36)27(37)19-24/h5-7,19-23,25,30H,2,4,8-18H2,1,3H3,(H,41,46)(H,38,39,40)/t30-/m1/s1. The van der Waals surface area contributed by atoms with Crippen LogP contribution in [0.5, 0.6) is 5.75 Å². The highest BCUT2D eigenvalue weighted by Crippen LogP contribution is 2.40. The summed E-state index contributed by atoms with van der Waals surface area (Å²) in [7, 11) is 1.60. The van der Waals surface area contributed by atoms with Gasteiger partial charge in [0.25, 0.3) is 0 Å².